The number of aliphatic hydroxyl groups excluding tert-OH is 1. The average Bonchev–Trinajstić information content (AvgIpc) is 2.24. The number of hydrogen-bond donors (Lipinski definition) is 2. The summed E-state index contributed by atoms with van der Waals surface area (Å²) in [5.74, 6) is 0. The van der Waals surface area contributed by atoms with Crippen LogP contribution in [0.3, 0.4) is 0 Å². The minimum absolute atomic E-state index is 0.318. The Morgan fingerprint density at radius 3 is 2.44 bits per heavy atom. The summed E-state index contributed by atoms with van der Waals surface area (Å²) in [6, 6.07) is 0. The second kappa shape index (κ2) is 7.11. The van der Waals surface area contributed by atoms with E-state index in [2.05, 4.69) is 11.7 Å². The van der Waals surface area contributed by atoms with Crippen LogP contribution < -0.4 is 0 Å². The summed E-state index contributed by atoms with van der Waals surface area (Å²) < 4.78 is 11.1. The third-order valence-electron chi connectivity index (χ3n) is 2.63. The molecule has 0 aliphatic heterocycles. The second-order valence-electron chi connectivity index (χ2n) is 4.71. The lowest BCUT2D eigenvalue weighted by atomic mass is 9.98. The molecule has 98 valence electrons. The highest BCUT2D eigenvalue weighted by Crippen LogP contribution is 2.45. The van der Waals surface area contributed by atoms with E-state index in [1.54, 1.807) is 0 Å². The van der Waals surface area contributed by atoms with Crippen molar-refractivity contribution in [2.45, 2.75) is 44.3 Å². The highest BCUT2D eigenvalue weighted by atomic mass is 33.1. The second-order valence-corrected chi connectivity index (χ2v) is 9.95. The summed E-state index contributed by atoms with van der Waals surface area (Å²) in [5.41, 5.74) is 0. The van der Waals surface area contributed by atoms with E-state index in [1.807, 2.05) is 12.5 Å². The molecule has 1 unspecified atom stereocenters. The first kappa shape index (κ1) is 14.6. The lowest BCUT2D eigenvalue weighted by Crippen LogP contribution is -2.26. The van der Waals surface area contributed by atoms with Gasteiger partial charge in [-0.05, 0) is 25.4 Å². The van der Waals surface area contributed by atoms with Gasteiger partial charge in [0.1, 0.15) is 6.10 Å². The van der Waals surface area contributed by atoms with Gasteiger partial charge < -0.3 is 14.0 Å². The Labute approximate surface area is 105 Å². The first-order valence-corrected chi connectivity index (χ1v) is 9.30. The maximum absolute atomic E-state index is 9.67. The third-order valence-corrected chi connectivity index (χ3v) is 3.65. The van der Waals surface area contributed by atoms with Gasteiger partial charge in [-0.3, -0.25) is 0 Å². The maximum atomic E-state index is 9.67. The van der Waals surface area contributed by atoms with E-state index in [1.165, 1.54) is 19.3 Å². The molecule has 1 N–H and O–H groups in total. The van der Waals surface area contributed by atoms with Crippen LogP contribution in [-0.2, 0) is 8.92 Å². The molecule has 0 aromatic carbocycles. The van der Waals surface area contributed by atoms with Gasteiger partial charge >= 0.3 is 0 Å². The van der Waals surface area contributed by atoms with Crippen LogP contribution in [0.15, 0.2) is 0 Å². The molecule has 1 rings (SSSR count). The van der Waals surface area contributed by atoms with Gasteiger partial charge in [-0.2, -0.15) is 0 Å². The van der Waals surface area contributed by atoms with E-state index in [4.69, 9.17) is 8.92 Å². The van der Waals surface area contributed by atoms with Crippen LogP contribution in [-0.4, -0.2) is 43.0 Å². The van der Waals surface area contributed by atoms with Crippen molar-refractivity contribution < 1.29 is 14.0 Å². The lowest BCUT2D eigenvalue weighted by Gasteiger charge is -2.27. The predicted octanol–water partition coefficient (Wildman–Crippen LogP) is 2.54. The molecule has 1 fully saturated rings. The van der Waals surface area contributed by atoms with Gasteiger partial charge in [0.15, 0.2) is 0 Å². The summed E-state index contributed by atoms with van der Waals surface area (Å²) in [4.78, 5) is 0. The van der Waals surface area contributed by atoms with E-state index in [0.717, 1.165) is 12.8 Å². The fourth-order valence-corrected chi connectivity index (χ4v) is 2.44. The standard InChI is InChI=1S/C11H24O3S2/c1-16(2,15)14-9-10(12)8-13-11-6-4-3-5-7-11/h10-12,15H,3-9H2,1-2H3. The number of aliphatic hydroxyl groups is 1. The molecule has 0 amide bonds. The van der Waals surface area contributed by atoms with E-state index >= 15 is 0 Å². The molecule has 0 heterocycles. The topological polar surface area (TPSA) is 38.7 Å². The Bertz CT molecular complexity index is 188. The van der Waals surface area contributed by atoms with Crippen molar-refractivity contribution in [3.8, 4) is 0 Å². The monoisotopic (exact) mass is 268 g/mol. The first-order valence-electron chi connectivity index (χ1n) is 5.87. The smallest absolute Gasteiger partial charge is 0.102 e. The Kier molecular flexibility index (Phi) is 6.51. The molecule has 1 aliphatic rings. The summed E-state index contributed by atoms with van der Waals surface area (Å²) in [5, 5.41) is 9.67. The van der Waals surface area contributed by atoms with Crippen molar-refractivity contribution in [3.05, 3.63) is 0 Å². The van der Waals surface area contributed by atoms with Crippen LogP contribution >= 0.6 is 21.0 Å². The molecule has 0 bridgehead atoms. The zero-order valence-electron chi connectivity index (χ0n) is 10.2. The molecule has 1 atom stereocenters. The van der Waals surface area contributed by atoms with Crippen molar-refractivity contribution in [1.29, 1.82) is 0 Å². The Morgan fingerprint density at radius 2 is 1.88 bits per heavy atom. The SMILES string of the molecule is CS(C)(S)OCC(O)COC1CCCCC1. The average molecular weight is 268 g/mol. The quantitative estimate of drug-likeness (QED) is 0.574. The number of hydrogen-bond acceptors (Lipinski definition) is 4. The molecule has 1 aliphatic carbocycles. The van der Waals surface area contributed by atoms with E-state index in [-0.39, 0.29) is 0 Å². The van der Waals surface area contributed by atoms with Crippen molar-refractivity contribution in [3.63, 3.8) is 0 Å². The van der Waals surface area contributed by atoms with E-state index < -0.39 is 15.4 Å². The van der Waals surface area contributed by atoms with Gasteiger partial charge in [0, 0.05) is 0 Å². The number of ether oxygens (including phenoxy) is 1. The summed E-state index contributed by atoms with van der Waals surface area (Å²) in [7, 11) is -1.28. The van der Waals surface area contributed by atoms with Crippen LogP contribution in [0, 0.1) is 0 Å². The van der Waals surface area contributed by atoms with Crippen LogP contribution in [0.2, 0.25) is 0 Å². The van der Waals surface area contributed by atoms with Gasteiger partial charge in [0.05, 0.1) is 19.3 Å². The van der Waals surface area contributed by atoms with Crippen LogP contribution in [0.25, 0.3) is 0 Å². The zero-order chi connectivity index (χ0) is 12.0. The van der Waals surface area contributed by atoms with E-state index in [0.29, 0.717) is 19.3 Å². The molecule has 0 radical (unpaired) electrons. The third kappa shape index (κ3) is 7.01. The van der Waals surface area contributed by atoms with Crippen LogP contribution in [0.4, 0.5) is 0 Å². The van der Waals surface area contributed by atoms with Crippen molar-refractivity contribution in [2.75, 3.05) is 25.7 Å². The number of rotatable bonds is 6. The molecule has 0 aromatic heterocycles. The van der Waals surface area contributed by atoms with Gasteiger partial charge in [0.25, 0.3) is 0 Å². The molecule has 5 heteroatoms. The minimum atomic E-state index is -1.28. The molecule has 0 spiro atoms. The Morgan fingerprint density at radius 1 is 1.25 bits per heavy atom. The summed E-state index contributed by atoms with van der Waals surface area (Å²) in [6.07, 6.45) is 9.79. The zero-order valence-corrected chi connectivity index (χ0v) is 11.9. The lowest BCUT2D eigenvalue weighted by molar-refractivity contribution is -0.0346. The van der Waals surface area contributed by atoms with Crippen LogP contribution in [0.1, 0.15) is 32.1 Å². The Balaban J connectivity index is 2.07. The highest BCUT2D eigenvalue weighted by molar-refractivity contribution is 8.85. The van der Waals surface area contributed by atoms with Gasteiger partial charge in [-0.1, -0.05) is 28.6 Å². The molecular weight excluding hydrogens is 244 g/mol. The fraction of sp³-hybridized carbons (Fsp3) is 1.00. The molecular formula is C11H24O3S2. The van der Waals surface area contributed by atoms with Gasteiger partial charge in [0.2, 0.25) is 0 Å². The van der Waals surface area contributed by atoms with Crippen molar-refractivity contribution in [2.24, 2.45) is 0 Å². The highest BCUT2D eigenvalue weighted by Gasteiger charge is 2.16. The van der Waals surface area contributed by atoms with Gasteiger partial charge in [-0.15, -0.1) is 11.7 Å². The number of thiol groups is 1. The van der Waals surface area contributed by atoms with Crippen LogP contribution in [0.5, 0.6) is 0 Å². The predicted molar refractivity (Wildman–Crippen MR) is 73.2 cm³/mol. The molecule has 16 heavy (non-hydrogen) atoms. The maximum Gasteiger partial charge on any atom is 0.102 e. The largest absolute Gasteiger partial charge is 0.388 e. The van der Waals surface area contributed by atoms with E-state index in [9.17, 15) is 5.11 Å². The molecule has 1 saturated carbocycles. The first-order chi connectivity index (χ1) is 7.47. The summed E-state index contributed by atoms with van der Waals surface area (Å²) in [6.45, 7) is 0.701. The normalized spacial score (nSPS) is 22.0. The van der Waals surface area contributed by atoms with Crippen molar-refractivity contribution in [1.82, 2.24) is 0 Å². The molecule has 0 aromatic rings. The summed E-state index contributed by atoms with van der Waals surface area (Å²) >= 11 is 4.31. The van der Waals surface area contributed by atoms with Crippen molar-refractivity contribution >= 4 is 21.0 Å². The fourth-order valence-electron chi connectivity index (χ4n) is 1.77. The molecule has 3 nitrogen and oxygen atoms in total. The molecule has 0 saturated heterocycles. The van der Waals surface area contributed by atoms with Gasteiger partial charge in [-0.25, -0.2) is 0 Å². The minimum Gasteiger partial charge on any atom is -0.388 e. The Hall–Kier alpha value is 0.580.